The number of aliphatic hydroxyl groups is 1. The highest BCUT2D eigenvalue weighted by molar-refractivity contribution is 5.34. The SMILES string of the molecule is COc1cnccc1C(O)CC1OCCc2ccccc21. The number of nitrogens with zero attached hydrogens (tertiary/aromatic N) is 1. The second-order valence-electron chi connectivity index (χ2n) is 5.18. The van der Waals surface area contributed by atoms with Crippen molar-refractivity contribution in [1.29, 1.82) is 0 Å². The second-order valence-corrected chi connectivity index (χ2v) is 5.18. The third-order valence-corrected chi connectivity index (χ3v) is 3.93. The van der Waals surface area contributed by atoms with E-state index in [1.807, 2.05) is 12.1 Å². The first-order valence-electron chi connectivity index (χ1n) is 7.15. The van der Waals surface area contributed by atoms with Gasteiger partial charge in [0.05, 0.1) is 32.1 Å². The molecule has 21 heavy (non-hydrogen) atoms. The highest BCUT2D eigenvalue weighted by atomic mass is 16.5. The average molecular weight is 285 g/mol. The van der Waals surface area contributed by atoms with Crippen molar-refractivity contribution in [3.8, 4) is 5.75 Å². The van der Waals surface area contributed by atoms with E-state index in [-0.39, 0.29) is 6.10 Å². The lowest BCUT2D eigenvalue weighted by Crippen LogP contribution is -2.18. The van der Waals surface area contributed by atoms with Crippen molar-refractivity contribution in [3.63, 3.8) is 0 Å². The quantitative estimate of drug-likeness (QED) is 0.938. The predicted molar refractivity (Wildman–Crippen MR) is 79.2 cm³/mol. The van der Waals surface area contributed by atoms with Gasteiger partial charge in [0, 0.05) is 18.2 Å². The zero-order valence-electron chi connectivity index (χ0n) is 12.0. The van der Waals surface area contributed by atoms with E-state index >= 15 is 0 Å². The summed E-state index contributed by atoms with van der Waals surface area (Å²) in [7, 11) is 1.58. The summed E-state index contributed by atoms with van der Waals surface area (Å²) in [5.74, 6) is 0.606. The zero-order valence-corrected chi connectivity index (χ0v) is 12.0. The van der Waals surface area contributed by atoms with Crippen LogP contribution in [0.2, 0.25) is 0 Å². The Morgan fingerprint density at radius 2 is 2.24 bits per heavy atom. The maximum Gasteiger partial charge on any atom is 0.142 e. The topological polar surface area (TPSA) is 51.6 Å². The Bertz CT molecular complexity index is 614. The van der Waals surface area contributed by atoms with Gasteiger partial charge in [0.2, 0.25) is 0 Å². The summed E-state index contributed by atoms with van der Waals surface area (Å²) in [6.07, 6.45) is 4.01. The van der Waals surface area contributed by atoms with Crippen LogP contribution in [0.25, 0.3) is 0 Å². The molecule has 0 bridgehead atoms. The van der Waals surface area contributed by atoms with E-state index in [1.54, 1.807) is 25.6 Å². The minimum Gasteiger partial charge on any atom is -0.495 e. The van der Waals surface area contributed by atoms with Crippen molar-refractivity contribution >= 4 is 0 Å². The molecule has 2 unspecified atom stereocenters. The summed E-state index contributed by atoms with van der Waals surface area (Å²) < 4.78 is 11.1. The highest BCUT2D eigenvalue weighted by Crippen LogP contribution is 2.36. The third-order valence-electron chi connectivity index (χ3n) is 3.93. The largest absolute Gasteiger partial charge is 0.495 e. The van der Waals surface area contributed by atoms with Crippen LogP contribution in [0.3, 0.4) is 0 Å². The fourth-order valence-corrected chi connectivity index (χ4v) is 2.84. The van der Waals surface area contributed by atoms with Gasteiger partial charge in [-0.25, -0.2) is 0 Å². The standard InChI is InChI=1S/C17H19NO3/c1-20-17-11-18-8-6-14(17)15(19)10-16-13-5-3-2-4-12(13)7-9-21-16/h2-6,8,11,15-16,19H,7,9-10H2,1H3. The molecule has 1 aliphatic heterocycles. The minimum absolute atomic E-state index is 0.0807. The molecule has 1 N–H and O–H groups in total. The molecule has 1 aliphatic rings. The van der Waals surface area contributed by atoms with Gasteiger partial charge in [0.15, 0.2) is 0 Å². The third kappa shape index (κ3) is 2.91. The first-order valence-corrected chi connectivity index (χ1v) is 7.15. The number of benzene rings is 1. The van der Waals surface area contributed by atoms with Crippen LogP contribution in [-0.4, -0.2) is 23.8 Å². The van der Waals surface area contributed by atoms with Crippen LogP contribution in [0.15, 0.2) is 42.7 Å². The van der Waals surface area contributed by atoms with Gasteiger partial charge < -0.3 is 14.6 Å². The molecule has 2 heterocycles. The molecule has 110 valence electrons. The molecule has 0 saturated carbocycles. The molecular weight excluding hydrogens is 266 g/mol. The van der Waals surface area contributed by atoms with E-state index in [4.69, 9.17) is 9.47 Å². The number of methoxy groups -OCH3 is 1. The molecule has 0 amide bonds. The summed E-state index contributed by atoms with van der Waals surface area (Å²) in [6, 6.07) is 10.1. The average Bonchev–Trinajstić information content (AvgIpc) is 2.55. The Morgan fingerprint density at radius 1 is 1.38 bits per heavy atom. The summed E-state index contributed by atoms with van der Waals surface area (Å²) in [5, 5.41) is 10.5. The first-order chi connectivity index (χ1) is 10.3. The van der Waals surface area contributed by atoms with Crippen molar-refractivity contribution in [2.45, 2.75) is 25.0 Å². The molecular formula is C17H19NO3. The number of hydrogen-bond donors (Lipinski definition) is 1. The van der Waals surface area contributed by atoms with Crippen LogP contribution in [0.5, 0.6) is 5.75 Å². The minimum atomic E-state index is -0.640. The maximum atomic E-state index is 10.5. The molecule has 1 aromatic heterocycles. The Morgan fingerprint density at radius 3 is 3.10 bits per heavy atom. The monoisotopic (exact) mass is 285 g/mol. The molecule has 0 aliphatic carbocycles. The number of ether oxygens (including phenoxy) is 2. The number of pyridine rings is 1. The van der Waals surface area contributed by atoms with Crippen LogP contribution in [0.4, 0.5) is 0 Å². The molecule has 0 spiro atoms. The molecule has 4 heteroatoms. The Hall–Kier alpha value is -1.91. The maximum absolute atomic E-state index is 10.5. The normalized spacial score (nSPS) is 18.9. The lowest BCUT2D eigenvalue weighted by atomic mass is 9.92. The molecule has 0 fully saturated rings. The van der Waals surface area contributed by atoms with Crippen LogP contribution in [-0.2, 0) is 11.2 Å². The van der Waals surface area contributed by atoms with E-state index in [2.05, 4.69) is 17.1 Å². The van der Waals surface area contributed by atoms with Crippen molar-refractivity contribution in [1.82, 2.24) is 4.98 Å². The van der Waals surface area contributed by atoms with Crippen LogP contribution < -0.4 is 4.74 Å². The van der Waals surface area contributed by atoms with Crippen LogP contribution in [0.1, 0.15) is 35.3 Å². The van der Waals surface area contributed by atoms with E-state index in [1.165, 1.54) is 11.1 Å². The molecule has 0 saturated heterocycles. The molecule has 2 atom stereocenters. The number of aromatic nitrogens is 1. The lowest BCUT2D eigenvalue weighted by Gasteiger charge is -2.28. The summed E-state index contributed by atoms with van der Waals surface area (Å²) in [6.45, 7) is 0.696. The van der Waals surface area contributed by atoms with Crippen molar-refractivity contribution < 1.29 is 14.6 Å². The van der Waals surface area contributed by atoms with E-state index in [0.717, 1.165) is 12.0 Å². The molecule has 1 aromatic carbocycles. The van der Waals surface area contributed by atoms with Crippen LogP contribution in [0, 0.1) is 0 Å². The number of fused-ring (bicyclic) bond motifs is 1. The number of aliphatic hydroxyl groups excluding tert-OH is 1. The van der Waals surface area contributed by atoms with Gasteiger partial charge in [-0.2, -0.15) is 0 Å². The van der Waals surface area contributed by atoms with Gasteiger partial charge in [-0.1, -0.05) is 24.3 Å². The van der Waals surface area contributed by atoms with Gasteiger partial charge in [-0.05, 0) is 23.6 Å². The van der Waals surface area contributed by atoms with Gasteiger partial charge in [0.25, 0.3) is 0 Å². The Kier molecular flexibility index (Phi) is 4.18. The highest BCUT2D eigenvalue weighted by Gasteiger charge is 2.25. The molecule has 4 nitrogen and oxygen atoms in total. The molecule has 2 aromatic rings. The fraction of sp³-hybridized carbons (Fsp3) is 0.353. The van der Waals surface area contributed by atoms with Gasteiger partial charge in [-0.3, -0.25) is 4.98 Å². The zero-order chi connectivity index (χ0) is 14.7. The number of hydrogen-bond acceptors (Lipinski definition) is 4. The number of rotatable bonds is 4. The van der Waals surface area contributed by atoms with Crippen molar-refractivity contribution in [3.05, 3.63) is 59.4 Å². The summed E-state index contributed by atoms with van der Waals surface area (Å²) >= 11 is 0. The van der Waals surface area contributed by atoms with Gasteiger partial charge in [-0.15, -0.1) is 0 Å². The first kappa shape index (κ1) is 14.0. The van der Waals surface area contributed by atoms with E-state index in [9.17, 15) is 5.11 Å². The van der Waals surface area contributed by atoms with Crippen molar-refractivity contribution in [2.75, 3.05) is 13.7 Å². The van der Waals surface area contributed by atoms with Crippen molar-refractivity contribution in [2.24, 2.45) is 0 Å². The van der Waals surface area contributed by atoms with E-state index in [0.29, 0.717) is 18.8 Å². The fourth-order valence-electron chi connectivity index (χ4n) is 2.84. The molecule has 0 radical (unpaired) electrons. The summed E-state index contributed by atoms with van der Waals surface area (Å²) in [5.41, 5.74) is 3.23. The predicted octanol–water partition coefficient (Wildman–Crippen LogP) is 2.83. The van der Waals surface area contributed by atoms with Gasteiger partial charge in [0.1, 0.15) is 5.75 Å². The van der Waals surface area contributed by atoms with Crippen LogP contribution >= 0.6 is 0 Å². The lowest BCUT2D eigenvalue weighted by molar-refractivity contribution is 0.00329. The van der Waals surface area contributed by atoms with Gasteiger partial charge >= 0.3 is 0 Å². The Labute approximate surface area is 124 Å². The molecule has 3 rings (SSSR count). The summed E-state index contributed by atoms with van der Waals surface area (Å²) in [4.78, 5) is 4.01. The Balaban J connectivity index is 1.81. The van der Waals surface area contributed by atoms with E-state index < -0.39 is 6.10 Å². The smallest absolute Gasteiger partial charge is 0.142 e. The second kappa shape index (κ2) is 6.24.